The molecule has 0 amide bonds. The quantitative estimate of drug-likeness (QED) is 0.539. The number of nitrogens with zero attached hydrogens (tertiary/aromatic N) is 4. The average molecular weight is 504 g/mol. The molecule has 3 aromatic heterocycles. The molecule has 0 aromatic carbocycles. The van der Waals surface area contributed by atoms with Gasteiger partial charge in [0.1, 0.15) is 17.9 Å². The Balaban J connectivity index is 0.00000253. The minimum absolute atomic E-state index is 0. The first kappa shape index (κ1) is 23.9. The Labute approximate surface area is 207 Å². The molecule has 0 radical (unpaired) electrons. The summed E-state index contributed by atoms with van der Waals surface area (Å²) >= 11 is 0. The maximum absolute atomic E-state index is 14.2. The number of halogens is 2. The van der Waals surface area contributed by atoms with Gasteiger partial charge in [0.05, 0.1) is 42.4 Å². The van der Waals surface area contributed by atoms with Crippen LogP contribution < -0.4 is 20.3 Å². The van der Waals surface area contributed by atoms with Crippen molar-refractivity contribution in [1.29, 1.82) is 0 Å². The predicted octanol–water partition coefficient (Wildman–Crippen LogP) is 1.45. The number of rotatable bonds is 5. The highest BCUT2D eigenvalue weighted by Crippen LogP contribution is 2.33. The summed E-state index contributed by atoms with van der Waals surface area (Å²) in [4.78, 5) is 23.4. The largest absolute Gasteiger partial charge is 0.491 e. The van der Waals surface area contributed by atoms with E-state index in [1.165, 1.54) is 11.6 Å². The molecular formula is C24H27ClFN5O4. The molecule has 3 atom stereocenters. The van der Waals surface area contributed by atoms with Crippen LogP contribution >= 0.6 is 12.4 Å². The molecule has 6 rings (SSSR count). The zero-order valence-electron chi connectivity index (χ0n) is 19.0. The van der Waals surface area contributed by atoms with Crippen molar-refractivity contribution in [2.24, 2.45) is 0 Å². The first-order valence-corrected chi connectivity index (χ1v) is 11.6. The van der Waals surface area contributed by atoms with E-state index in [1.807, 2.05) is 0 Å². The van der Waals surface area contributed by atoms with Crippen molar-refractivity contribution >= 4 is 23.4 Å². The highest BCUT2D eigenvalue weighted by molar-refractivity contribution is 5.85. The fourth-order valence-corrected chi connectivity index (χ4v) is 5.22. The van der Waals surface area contributed by atoms with Crippen molar-refractivity contribution in [2.75, 3.05) is 32.8 Å². The molecule has 0 spiro atoms. The zero-order valence-corrected chi connectivity index (χ0v) is 19.8. The Kier molecular flexibility index (Phi) is 6.63. The van der Waals surface area contributed by atoms with Crippen LogP contribution in [0, 0.1) is 5.82 Å². The van der Waals surface area contributed by atoms with E-state index >= 15 is 0 Å². The Bertz CT molecular complexity index is 1300. The number of nitrogens with one attached hydrogen (secondary N) is 1. The highest BCUT2D eigenvalue weighted by Gasteiger charge is 2.32. The van der Waals surface area contributed by atoms with Gasteiger partial charge in [-0.3, -0.25) is 24.2 Å². The van der Waals surface area contributed by atoms with Crippen LogP contribution in [0.3, 0.4) is 0 Å². The molecule has 0 saturated carbocycles. The molecule has 0 bridgehead atoms. The molecule has 1 fully saturated rings. The summed E-state index contributed by atoms with van der Waals surface area (Å²) in [6, 6.07) is 4.78. The first-order valence-electron chi connectivity index (χ1n) is 11.6. The van der Waals surface area contributed by atoms with E-state index < -0.39 is 11.9 Å². The van der Waals surface area contributed by atoms with Gasteiger partial charge in [-0.1, -0.05) is 0 Å². The summed E-state index contributed by atoms with van der Waals surface area (Å²) < 4.78 is 27.0. The Morgan fingerprint density at radius 2 is 2.11 bits per heavy atom. The number of ether oxygens (including phenoxy) is 2. The summed E-state index contributed by atoms with van der Waals surface area (Å²) in [5, 5.41) is 14.2. The second-order valence-electron chi connectivity index (χ2n) is 9.16. The van der Waals surface area contributed by atoms with Crippen molar-refractivity contribution in [3.63, 3.8) is 0 Å². The molecule has 0 unspecified atom stereocenters. The van der Waals surface area contributed by atoms with Crippen molar-refractivity contribution in [3.05, 3.63) is 58.0 Å². The summed E-state index contributed by atoms with van der Waals surface area (Å²) in [5.74, 6) is 0.367. The van der Waals surface area contributed by atoms with E-state index in [0.29, 0.717) is 37.3 Å². The van der Waals surface area contributed by atoms with Gasteiger partial charge < -0.3 is 19.9 Å². The fraction of sp³-hybridized carbons (Fsp3) is 0.458. The molecule has 0 aliphatic carbocycles. The van der Waals surface area contributed by atoms with Gasteiger partial charge in [0.25, 0.3) is 5.56 Å². The van der Waals surface area contributed by atoms with Crippen LogP contribution in [0.25, 0.3) is 11.0 Å². The van der Waals surface area contributed by atoms with Crippen molar-refractivity contribution in [1.82, 2.24) is 24.8 Å². The van der Waals surface area contributed by atoms with Crippen LogP contribution in [0.15, 0.2) is 35.4 Å². The summed E-state index contributed by atoms with van der Waals surface area (Å²) in [7, 11) is 0. The number of pyridine rings is 3. The molecule has 186 valence electrons. The lowest BCUT2D eigenvalue weighted by Gasteiger charge is -2.39. The number of fused-ring (bicyclic) bond motifs is 1. The molecular weight excluding hydrogens is 477 g/mol. The Morgan fingerprint density at radius 3 is 2.97 bits per heavy atom. The average Bonchev–Trinajstić information content (AvgIpc) is 3.31. The highest BCUT2D eigenvalue weighted by atomic mass is 35.5. The topological polar surface area (TPSA) is 102 Å². The molecule has 9 nitrogen and oxygen atoms in total. The molecule has 3 aromatic rings. The molecule has 1 saturated heterocycles. The van der Waals surface area contributed by atoms with E-state index in [1.54, 1.807) is 16.8 Å². The normalized spacial score (nSPS) is 23.3. The summed E-state index contributed by atoms with van der Waals surface area (Å²) in [6.45, 7) is 3.22. The number of hydrogen-bond donors (Lipinski definition) is 2. The van der Waals surface area contributed by atoms with Crippen molar-refractivity contribution in [2.45, 2.75) is 37.6 Å². The minimum atomic E-state index is -0.571. The third-order valence-electron chi connectivity index (χ3n) is 6.95. The van der Waals surface area contributed by atoms with Crippen LogP contribution in [-0.2, 0) is 13.0 Å². The van der Waals surface area contributed by atoms with Gasteiger partial charge in [-0.05, 0) is 25.1 Å². The van der Waals surface area contributed by atoms with Gasteiger partial charge in [0.2, 0.25) is 0 Å². The minimum Gasteiger partial charge on any atom is -0.491 e. The van der Waals surface area contributed by atoms with Gasteiger partial charge in [-0.25, -0.2) is 4.39 Å². The maximum atomic E-state index is 14.2. The maximum Gasteiger partial charge on any atom is 0.251 e. The Morgan fingerprint density at radius 1 is 1.23 bits per heavy atom. The Hall–Kier alpha value is -2.79. The smallest absolute Gasteiger partial charge is 0.251 e. The third kappa shape index (κ3) is 4.47. The number of hydrogen-bond acceptors (Lipinski definition) is 8. The lowest BCUT2D eigenvalue weighted by atomic mass is 10.0. The number of piperidine rings is 1. The molecule has 35 heavy (non-hydrogen) atoms. The third-order valence-corrected chi connectivity index (χ3v) is 6.95. The summed E-state index contributed by atoms with van der Waals surface area (Å²) in [6.07, 6.45) is 3.99. The number of aliphatic hydroxyl groups excluding tert-OH is 1. The second kappa shape index (κ2) is 9.69. The van der Waals surface area contributed by atoms with E-state index in [4.69, 9.17) is 9.47 Å². The van der Waals surface area contributed by atoms with Gasteiger partial charge in [-0.2, -0.15) is 0 Å². The van der Waals surface area contributed by atoms with Crippen LogP contribution in [0.2, 0.25) is 0 Å². The number of aliphatic hydroxyl groups is 1. The number of aromatic nitrogens is 3. The first-order chi connectivity index (χ1) is 16.6. The molecule has 6 heterocycles. The van der Waals surface area contributed by atoms with Crippen LogP contribution in [0.4, 0.5) is 4.39 Å². The second-order valence-corrected chi connectivity index (χ2v) is 9.16. The summed E-state index contributed by atoms with van der Waals surface area (Å²) in [5.41, 5.74) is 2.83. The SMILES string of the molecule is Cl.O=c1ccc2ncc(F)c3c2n1[C@H](CN1CC[C@H](NCc2cc4c(cn2)OCC4)[C@H](O)C1)CO3. The number of likely N-dealkylation sites (tertiary alicyclic amines) is 1. The van der Waals surface area contributed by atoms with Crippen LogP contribution in [-0.4, -0.2) is 69.5 Å². The van der Waals surface area contributed by atoms with Gasteiger partial charge >= 0.3 is 0 Å². The van der Waals surface area contributed by atoms with E-state index in [2.05, 4.69) is 26.3 Å². The van der Waals surface area contributed by atoms with Crippen LogP contribution in [0.5, 0.6) is 11.5 Å². The predicted molar refractivity (Wildman–Crippen MR) is 129 cm³/mol. The molecule has 11 heteroatoms. The van der Waals surface area contributed by atoms with Crippen LogP contribution in [0.1, 0.15) is 23.7 Å². The lowest BCUT2D eigenvalue weighted by Crippen LogP contribution is -2.54. The van der Waals surface area contributed by atoms with E-state index in [9.17, 15) is 14.3 Å². The van der Waals surface area contributed by atoms with Gasteiger partial charge in [0.15, 0.2) is 11.6 Å². The van der Waals surface area contributed by atoms with E-state index in [0.717, 1.165) is 37.0 Å². The van der Waals surface area contributed by atoms with Gasteiger partial charge in [-0.15, -0.1) is 12.4 Å². The molecule has 3 aliphatic rings. The monoisotopic (exact) mass is 503 g/mol. The molecule has 2 N–H and O–H groups in total. The lowest BCUT2D eigenvalue weighted by molar-refractivity contribution is 0.0294. The van der Waals surface area contributed by atoms with Crippen molar-refractivity contribution in [3.8, 4) is 11.5 Å². The van der Waals surface area contributed by atoms with Gasteiger partial charge in [0, 0.05) is 43.7 Å². The van der Waals surface area contributed by atoms with Crippen molar-refractivity contribution < 1.29 is 19.0 Å². The fourth-order valence-electron chi connectivity index (χ4n) is 5.22. The standard InChI is InChI=1S/C24H26FN5O4.ClH/c25-17-9-28-19-1-2-22(32)30-16(13-34-24(17)23(19)30)11-29-5-3-18(20(31)12-29)27-8-15-7-14-4-6-33-21(14)10-26-15;/h1-2,7,9-10,16,18,20,27,31H,3-6,8,11-13H2;1H/t16-,18+,20-;/m1./s1. The number of β-amino-alcohol motifs (C(OH)–C–C–N with tert-alkyl or cyclic N) is 1. The zero-order chi connectivity index (χ0) is 23.2. The molecule has 3 aliphatic heterocycles. The van der Waals surface area contributed by atoms with E-state index in [-0.39, 0.29) is 42.4 Å².